The summed E-state index contributed by atoms with van der Waals surface area (Å²) in [4.78, 5) is 2.50. The van der Waals surface area contributed by atoms with Gasteiger partial charge in [0.2, 0.25) is 0 Å². The number of hydrogen-bond acceptors (Lipinski definition) is 3. The van der Waals surface area contributed by atoms with E-state index in [0.29, 0.717) is 12.0 Å². The van der Waals surface area contributed by atoms with Crippen molar-refractivity contribution in [3.8, 4) is 0 Å². The summed E-state index contributed by atoms with van der Waals surface area (Å²) < 4.78 is 5.62. The summed E-state index contributed by atoms with van der Waals surface area (Å²) in [6, 6.07) is 0. The molecule has 84 valence electrons. The number of ether oxygens (including phenoxy) is 1. The summed E-state index contributed by atoms with van der Waals surface area (Å²) in [6.45, 7) is 9.49. The fourth-order valence-corrected chi connectivity index (χ4v) is 1.75. The van der Waals surface area contributed by atoms with Crippen LogP contribution in [-0.2, 0) is 4.74 Å². The van der Waals surface area contributed by atoms with Gasteiger partial charge in [-0.3, -0.25) is 4.90 Å². The lowest BCUT2D eigenvalue weighted by Gasteiger charge is -2.32. The standard InChI is InChI=1S/C11H24N2O/c1-3-11-9-13(6-7-14-11)5-4-10(2)8-12/h10-11H,3-9,12H2,1-2H3. The third-order valence-electron chi connectivity index (χ3n) is 3.02. The van der Waals surface area contributed by atoms with Crippen molar-refractivity contribution in [2.24, 2.45) is 11.7 Å². The third kappa shape index (κ3) is 3.95. The molecule has 1 saturated heterocycles. The van der Waals surface area contributed by atoms with Crippen molar-refractivity contribution in [3.63, 3.8) is 0 Å². The Morgan fingerprint density at radius 1 is 1.57 bits per heavy atom. The Hall–Kier alpha value is -0.120. The topological polar surface area (TPSA) is 38.5 Å². The zero-order chi connectivity index (χ0) is 10.4. The van der Waals surface area contributed by atoms with Crippen LogP contribution >= 0.6 is 0 Å². The van der Waals surface area contributed by atoms with Crippen LogP contribution in [0.3, 0.4) is 0 Å². The predicted octanol–water partition coefficient (Wildman–Crippen LogP) is 1.08. The molecule has 3 nitrogen and oxygen atoms in total. The van der Waals surface area contributed by atoms with Crippen molar-refractivity contribution < 1.29 is 4.74 Å². The molecule has 0 aliphatic carbocycles. The van der Waals surface area contributed by atoms with Gasteiger partial charge in [0.25, 0.3) is 0 Å². The molecule has 3 heteroatoms. The highest BCUT2D eigenvalue weighted by Crippen LogP contribution is 2.10. The predicted molar refractivity (Wildman–Crippen MR) is 59.3 cm³/mol. The number of nitrogens with two attached hydrogens (primary N) is 1. The first kappa shape index (κ1) is 12.0. The molecule has 1 rings (SSSR count). The summed E-state index contributed by atoms with van der Waals surface area (Å²) in [6.07, 6.45) is 2.80. The highest BCUT2D eigenvalue weighted by molar-refractivity contribution is 4.71. The molecule has 0 bridgehead atoms. The first-order valence-corrected chi connectivity index (χ1v) is 5.80. The lowest BCUT2D eigenvalue weighted by atomic mass is 10.1. The number of nitrogens with zero attached hydrogens (tertiary/aromatic N) is 1. The molecule has 2 N–H and O–H groups in total. The van der Waals surface area contributed by atoms with Gasteiger partial charge >= 0.3 is 0 Å². The molecule has 2 atom stereocenters. The van der Waals surface area contributed by atoms with Crippen molar-refractivity contribution in [1.29, 1.82) is 0 Å². The molecule has 0 aromatic rings. The Morgan fingerprint density at radius 2 is 2.36 bits per heavy atom. The number of rotatable bonds is 5. The summed E-state index contributed by atoms with van der Waals surface area (Å²) in [7, 11) is 0. The van der Waals surface area contributed by atoms with Crippen molar-refractivity contribution in [1.82, 2.24) is 4.90 Å². The summed E-state index contributed by atoms with van der Waals surface area (Å²) in [5, 5.41) is 0. The van der Waals surface area contributed by atoms with E-state index in [1.54, 1.807) is 0 Å². The van der Waals surface area contributed by atoms with E-state index in [0.717, 1.165) is 32.7 Å². The molecule has 1 aliphatic rings. The van der Waals surface area contributed by atoms with E-state index in [9.17, 15) is 0 Å². The van der Waals surface area contributed by atoms with Gasteiger partial charge in [0.1, 0.15) is 0 Å². The minimum atomic E-state index is 0.455. The fraction of sp³-hybridized carbons (Fsp3) is 1.00. The first-order chi connectivity index (χ1) is 6.76. The maximum atomic E-state index is 5.62. The summed E-state index contributed by atoms with van der Waals surface area (Å²) in [5.41, 5.74) is 5.60. The molecule has 0 aromatic heterocycles. The van der Waals surface area contributed by atoms with Gasteiger partial charge in [-0.2, -0.15) is 0 Å². The van der Waals surface area contributed by atoms with Gasteiger partial charge in [-0.05, 0) is 31.8 Å². The first-order valence-electron chi connectivity index (χ1n) is 5.80. The second-order valence-corrected chi connectivity index (χ2v) is 4.33. The monoisotopic (exact) mass is 200 g/mol. The van der Waals surface area contributed by atoms with Crippen LogP contribution in [0.25, 0.3) is 0 Å². The van der Waals surface area contributed by atoms with Crippen molar-refractivity contribution in [3.05, 3.63) is 0 Å². The zero-order valence-electron chi connectivity index (χ0n) is 9.54. The van der Waals surface area contributed by atoms with Crippen LogP contribution in [0.5, 0.6) is 0 Å². The quantitative estimate of drug-likeness (QED) is 0.722. The maximum absolute atomic E-state index is 5.62. The zero-order valence-corrected chi connectivity index (χ0v) is 9.54. The smallest absolute Gasteiger partial charge is 0.0700 e. The van der Waals surface area contributed by atoms with Gasteiger partial charge in [0.15, 0.2) is 0 Å². The Labute approximate surface area is 87.6 Å². The van der Waals surface area contributed by atoms with Crippen LogP contribution in [0.4, 0.5) is 0 Å². The SMILES string of the molecule is CCC1CN(CCC(C)CN)CCO1. The van der Waals surface area contributed by atoms with Gasteiger partial charge in [-0.15, -0.1) is 0 Å². The lowest BCUT2D eigenvalue weighted by Crippen LogP contribution is -2.43. The molecule has 0 amide bonds. The van der Waals surface area contributed by atoms with Crippen LogP contribution in [0.15, 0.2) is 0 Å². The van der Waals surface area contributed by atoms with E-state index in [4.69, 9.17) is 10.5 Å². The van der Waals surface area contributed by atoms with E-state index in [1.165, 1.54) is 13.0 Å². The van der Waals surface area contributed by atoms with Crippen molar-refractivity contribution >= 4 is 0 Å². The van der Waals surface area contributed by atoms with Crippen LogP contribution in [0.2, 0.25) is 0 Å². The minimum Gasteiger partial charge on any atom is -0.376 e. The number of hydrogen-bond donors (Lipinski definition) is 1. The van der Waals surface area contributed by atoms with Gasteiger partial charge in [0.05, 0.1) is 12.7 Å². The highest BCUT2D eigenvalue weighted by atomic mass is 16.5. The molecule has 14 heavy (non-hydrogen) atoms. The highest BCUT2D eigenvalue weighted by Gasteiger charge is 2.18. The lowest BCUT2D eigenvalue weighted by molar-refractivity contribution is -0.0307. The van der Waals surface area contributed by atoms with Crippen LogP contribution < -0.4 is 5.73 Å². The molecule has 0 spiro atoms. The van der Waals surface area contributed by atoms with Crippen LogP contribution in [0, 0.1) is 5.92 Å². The van der Waals surface area contributed by atoms with Gasteiger partial charge in [-0.25, -0.2) is 0 Å². The normalized spacial score (nSPS) is 26.4. The molecule has 0 aromatic carbocycles. The molecule has 1 aliphatic heterocycles. The average molecular weight is 200 g/mol. The Bertz CT molecular complexity index is 152. The largest absolute Gasteiger partial charge is 0.376 e. The van der Waals surface area contributed by atoms with Crippen molar-refractivity contribution in [2.75, 3.05) is 32.8 Å². The Morgan fingerprint density at radius 3 is 3.00 bits per heavy atom. The van der Waals surface area contributed by atoms with E-state index in [2.05, 4.69) is 18.7 Å². The van der Waals surface area contributed by atoms with Gasteiger partial charge in [-0.1, -0.05) is 13.8 Å². The molecular formula is C11H24N2O. The molecule has 1 heterocycles. The maximum Gasteiger partial charge on any atom is 0.0700 e. The fourth-order valence-electron chi connectivity index (χ4n) is 1.75. The Kier molecular flexibility index (Phi) is 5.45. The molecule has 0 saturated carbocycles. The molecule has 2 unspecified atom stereocenters. The molecular weight excluding hydrogens is 176 g/mol. The van der Waals surface area contributed by atoms with E-state index in [-0.39, 0.29) is 0 Å². The van der Waals surface area contributed by atoms with E-state index in [1.807, 2.05) is 0 Å². The summed E-state index contributed by atoms with van der Waals surface area (Å²) >= 11 is 0. The number of morpholine rings is 1. The van der Waals surface area contributed by atoms with E-state index >= 15 is 0 Å². The Balaban J connectivity index is 2.17. The van der Waals surface area contributed by atoms with Gasteiger partial charge < -0.3 is 10.5 Å². The summed E-state index contributed by atoms with van der Waals surface area (Å²) in [5.74, 6) is 0.651. The second kappa shape index (κ2) is 6.38. The van der Waals surface area contributed by atoms with E-state index < -0.39 is 0 Å². The molecule has 0 radical (unpaired) electrons. The second-order valence-electron chi connectivity index (χ2n) is 4.33. The average Bonchev–Trinajstić information content (AvgIpc) is 2.26. The van der Waals surface area contributed by atoms with Crippen LogP contribution in [-0.4, -0.2) is 43.8 Å². The van der Waals surface area contributed by atoms with Crippen molar-refractivity contribution in [2.45, 2.75) is 32.8 Å². The van der Waals surface area contributed by atoms with Crippen LogP contribution in [0.1, 0.15) is 26.7 Å². The van der Waals surface area contributed by atoms with Gasteiger partial charge in [0, 0.05) is 13.1 Å². The third-order valence-corrected chi connectivity index (χ3v) is 3.02. The molecule has 1 fully saturated rings. The minimum absolute atomic E-state index is 0.455.